The Morgan fingerprint density at radius 1 is 0.909 bits per heavy atom. The summed E-state index contributed by atoms with van der Waals surface area (Å²) in [6.07, 6.45) is 6.73. The van der Waals surface area contributed by atoms with Gasteiger partial charge in [-0.05, 0) is 24.3 Å². The largest absolute Gasteiger partial charge is 0.291 e. The van der Waals surface area contributed by atoms with Crippen LogP contribution in [-0.2, 0) is 0 Å². The van der Waals surface area contributed by atoms with Crippen LogP contribution in [0.2, 0.25) is 0 Å². The Morgan fingerprint density at radius 3 is 2.64 bits per heavy atom. The lowest BCUT2D eigenvalue weighted by Crippen LogP contribution is -2.11. The van der Waals surface area contributed by atoms with Gasteiger partial charge < -0.3 is 0 Å². The highest BCUT2D eigenvalue weighted by Crippen LogP contribution is 2.22. The van der Waals surface area contributed by atoms with Crippen molar-refractivity contribution in [3.05, 3.63) is 67.4 Å². The summed E-state index contributed by atoms with van der Waals surface area (Å²) in [7, 11) is 0. The van der Waals surface area contributed by atoms with Gasteiger partial charge in [0.15, 0.2) is 11.5 Å². The zero-order valence-electron chi connectivity index (χ0n) is 11.6. The summed E-state index contributed by atoms with van der Waals surface area (Å²) in [5.41, 5.74) is 6.63. The van der Waals surface area contributed by atoms with E-state index in [-0.39, 0.29) is 0 Å². The summed E-state index contributed by atoms with van der Waals surface area (Å²) in [6, 6.07) is 13.7. The third kappa shape index (κ3) is 2.16. The fourth-order valence-corrected chi connectivity index (χ4v) is 2.27. The zero-order valence-corrected chi connectivity index (χ0v) is 11.6. The van der Waals surface area contributed by atoms with Crippen molar-refractivity contribution in [2.45, 2.75) is 0 Å². The molecule has 3 aromatic heterocycles. The molecule has 0 fully saturated rings. The van der Waals surface area contributed by atoms with Gasteiger partial charge in [0.25, 0.3) is 0 Å². The fourth-order valence-electron chi connectivity index (χ4n) is 2.27. The lowest BCUT2D eigenvalue weighted by molar-refractivity contribution is 0.975. The first-order valence-corrected chi connectivity index (χ1v) is 6.83. The number of pyridine rings is 1. The van der Waals surface area contributed by atoms with Crippen molar-refractivity contribution in [1.82, 2.24) is 24.6 Å². The maximum Gasteiger partial charge on any atom is 0.182 e. The molecule has 0 atom stereocenters. The Morgan fingerprint density at radius 2 is 1.82 bits per heavy atom. The number of nitrogens with zero attached hydrogens (tertiary/aromatic N) is 5. The van der Waals surface area contributed by atoms with Gasteiger partial charge in [-0.25, -0.2) is 19.6 Å². The van der Waals surface area contributed by atoms with Crippen LogP contribution in [0.15, 0.2) is 67.4 Å². The van der Waals surface area contributed by atoms with E-state index in [0.29, 0.717) is 0 Å². The molecule has 0 amide bonds. The van der Waals surface area contributed by atoms with E-state index in [1.165, 1.54) is 6.33 Å². The van der Waals surface area contributed by atoms with Crippen LogP contribution >= 0.6 is 0 Å². The Labute approximate surface area is 126 Å². The van der Waals surface area contributed by atoms with Crippen molar-refractivity contribution in [3.63, 3.8) is 0 Å². The summed E-state index contributed by atoms with van der Waals surface area (Å²) in [4.78, 5) is 17.1. The Bertz CT molecular complexity index is 902. The molecule has 0 aliphatic rings. The molecule has 22 heavy (non-hydrogen) atoms. The number of aromatic nitrogens is 5. The fraction of sp³-hybridized carbons (Fsp3) is 0. The van der Waals surface area contributed by atoms with Gasteiger partial charge in [0.1, 0.15) is 11.8 Å². The minimum Gasteiger partial charge on any atom is -0.291 e. The zero-order chi connectivity index (χ0) is 14.8. The first-order chi connectivity index (χ1) is 10.9. The summed E-state index contributed by atoms with van der Waals surface area (Å²) in [5, 5.41) is 0. The van der Waals surface area contributed by atoms with Crippen molar-refractivity contribution in [2.24, 2.45) is 0 Å². The molecule has 4 rings (SSSR count). The van der Waals surface area contributed by atoms with E-state index >= 15 is 0 Å². The number of benzene rings is 1. The number of hydrogen-bond acceptors (Lipinski definition) is 5. The summed E-state index contributed by atoms with van der Waals surface area (Å²) < 4.78 is 1.85. The molecule has 0 aliphatic carbocycles. The van der Waals surface area contributed by atoms with Gasteiger partial charge in [-0.2, -0.15) is 0 Å². The van der Waals surface area contributed by atoms with Crippen molar-refractivity contribution in [3.8, 4) is 11.4 Å². The predicted octanol–water partition coefficient (Wildman–Crippen LogP) is 2.76. The summed E-state index contributed by atoms with van der Waals surface area (Å²) in [6.45, 7) is 0. The van der Waals surface area contributed by atoms with E-state index in [9.17, 15) is 0 Å². The molecule has 1 aromatic carbocycles. The highest BCUT2D eigenvalue weighted by molar-refractivity contribution is 5.77. The molecule has 6 heteroatoms. The van der Waals surface area contributed by atoms with Crippen LogP contribution < -0.4 is 5.43 Å². The molecule has 0 unspecified atom stereocenters. The number of hydrogen-bond donors (Lipinski definition) is 1. The topological polar surface area (TPSA) is 68.5 Å². The van der Waals surface area contributed by atoms with Crippen LogP contribution in [0.4, 0.5) is 5.69 Å². The number of anilines is 1. The Kier molecular flexibility index (Phi) is 2.97. The van der Waals surface area contributed by atoms with E-state index in [2.05, 4.69) is 25.4 Å². The number of imidazole rings is 1. The Balaban J connectivity index is 1.91. The SMILES string of the molecule is c1ccc(Nn2c(-c3cccnc3)nc3cncnc32)cc1. The van der Waals surface area contributed by atoms with Crippen LogP contribution in [0.1, 0.15) is 0 Å². The summed E-state index contributed by atoms with van der Waals surface area (Å²) in [5.74, 6) is 0.743. The average Bonchev–Trinajstić information content (AvgIpc) is 2.95. The van der Waals surface area contributed by atoms with Gasteiger partial charge in [0, 0.05) is 18.0 Å². The van der Waals surface area contributed by atoms with Crippen LogP contribution in [0.5, 0.6) is 0 Å². The van der Waals surface area contributed by atoms with Crippen LogP contribution in [-0.4, -0.2) is 24.6 Å². The first kappa shape index (κ1) is 12.5. The second-order valence-electron chi connectivity index (χ2n) is 4.72. The molecule has 0 radical (unpaired) electrons. The van der Waals surface area contributed by atoms with E-state index in [4.69, 9.17) is 0 Å². The van der Waals surface area contributed by atoms with Gasteiger partial charge in [-0.1, -0.05) is 18.2 Å². The average molecular weight is 288 g/mol. The molecule has 6 nitrogen and oxygen atoms in total. The van der Waals surface area contributed by atoms with Crippen molar-refractivity contribution >= 4 is 16.9 Å². The highest BCUT2D eigenvalue weighted by Gasteiger charge is 2.14. The van der Waals surface area contributed by atoms with Gasteiger partial charge in [-0.3, -0.25) is 10.4 Å². The second-order valence-corrected chi connectivity index (χ2v) is 4.72. The van der Waals surface area contributed by atoms with Crippen molar-refractivity contribution in [1.29, 1.82) is 0 Å². The molecular weight excluding hydrogens is 276 g/mol. The predicted molar refractivity (Wildman–Crippen MR) is 84.0 cm³/mol. The number of fused-ring (bicyclic) bond motifs is 1. The monoisotopic (exact) mass is 288 g/mol. The van der Waals surface area contributed by atoms with E-state index in [1.54, 1.807) is 18.6 Å². The number of para-hydroxylation sites is 1. The van der Waals surface area contributed by atoms with Crippen LogP contribution in [0.25, 0.3) is 22.6 Å². The molecule has 0 saturated carbocycles. The van der Waals surface area contributed by atoms with Crippen molar-refractivity contribution in [2.75, 3.05) is 5.43 Å². The maximum atomic E-state index is 4.61. The molecule has 0 aliphatic heterocycles. The van der Waals surface area contributed by atoms with E-state index in [0.717, 1.165) is 28.2 Å². The lowest BCUT2D eigenvalue weighted by atomic mass is 10.3. The van der Waals surface area contributed by atoms with E-state index in [1.807, 2.05) is 47.1 Å². The first-order valence-electron chi connectivity index (χ1n) is 6.83. The Hall–Kier alpha value is -3.28. The van der Waals surface area contributed by atoms with Gasteiger partial charge in [0.05, 0.1) is 11.9 Å². The lowest BCUT2D eigenvalue weighted by Gasteiger charge is -2.11. The third-order valence-electron chi connectivity index (χ3n) is 3.26. The molecule has 0 spiro atoms. The molecule has 3 heterocycles. The molecule has 0 bridgehead atoms. The molecule has 106 valence electrons. The molecule has 4 aromatic rings. The maximum absolute atomic E-state index is 4.61. The number of nitrogens with one attached hydrogen (secondary N) is 1. The molecule has 1 N–H and O–H groups in total. The smallest absolute Gasteiger partial charge is 0.182 e. The third-order valence-corrected chi connectivity index (χ3v) is 3.26. The van der Waals surface area contributed by atoms with Gasteiger partial charge in [0.2, 0.25) is 0 Å². The van der Waals surface area contributed by atoms with E-state index < -0.39 is 0 Å². The minimum atomic E-state index is 0.720. The minimum absolute atomic E-state index is 0.720. The van der Waals surface area contributed by atoms with Crippen LogP contribution in [0, 0.1) is 0 Å². The molecular formula is C16H12N6. The summed E-state index contributed by atoms with van der Waals surface area (Å²) >= 11 is 0. The standard InChI is InChI=1S/C16H12N6/c1-2-6-13(7-3-1)21-22-15(12-5-4-8-17-9-12)20-14-10-18-11-19-16(14)22/h1-11,21H. The normalized spacial score (nSPS) is 10.7. The van der Waals surface area contributed by atoms with Gasteiger partial charge in [-0.15, -0.1) is 0 Å². The second kappa shape index (κ2) is 5.25. The number of rotatable bonds is 3. The van der Waals surface area contributed by atoms with Crippen molar-refractivity contribution < 1.29 is 0 Å². The van der Waals surface area contributed by atoms with Crippen LogP contribution in [0.3, 0.4) is 0 Å². The highest BCUT2D eigenvalue weighted by atomic mass is 15.5. The quantitative estimate of drug-likeness (QED) is 0.628. The van der Waals surface area contributed by atoms with Gasteiger partial charge >= 0.3 is 0 Å². The molecule has 0 saturated heterocycles.